The summed E-state index contributed by atoms with van der Waals surface area (Å²) >= 11 is 1.36. The molecule has 0 aliphatic rings. The maximum atomic E-state index is 13.2. The van der Waals surface area contributed by atoms with Gasteiger partial charge in [0.05, 0.1) is 16.8 Å². The number of aromatic amines is 1. The molecule has 0 fully saturated rings. The average Bonchev–Trinajstić information content (AvgIpc) is 2.95. The van der Waals surface area contributed by atoms with Crippen molar-refractivity contribution in [3.05, 3.63) is 59.9 Å². The van der Waals surface area contributed by atoms with Crippen LogP contribution in [0.15, 0.2) is 53.7 Å². The first-order valence-corrected chi connectivity index (χ1v) is 8.16. The summed E-state index contributed by atoms with van der Waals surface area (Å²) in [6.45, 7) is 0.386. The van der Waals surface area contributed by atoms with E-state index < -0.39 is 0 Å². The SMILES string of the molecule is CN(Cc1cccc(F)c1)C(=O)CSc1nc2ccccc2[nH]1. The summed E-state index contributed by atoms with van der Waals surface area (Å²) in [7, 11) is 1.71. The molecule has 0 bridgehead atoms. The summed E-state index contributed by atoms with van der Waals surface area (Å²) in [5.74, 6) is -0.0363. The van der Waals surface area contributed by atoms with E-state index >= 15 is 0 Å². The molecule has 1 N–H and O–H groups in total. The first-order chi connectivity index (χ1) is 11.1. The second kappa shape index (κ2) is 6.83. The zero-order valence-electron chi connectivity index (χ0n) is 12.6. The van der Waals surface area contributed by atoms with Crippen LogP contribution in [0.2, 0.25) is 0 Å². The van der Waals surface area contributed by atoms with Gasteiger partial charge in [0, 0.05) is 13.6 Å². The number of rotatable bonds is 5. The summed E-state index contributed by atoms with van der Waals surface area (Å²) in [5.41, 5.74) is 2.61. The lowest BCUT2D eigenvalue weighted by atomic mass is 10.2. The molecule has 4 nitrogen and oxygen atoms in total. The highest BCUT2D eigenvalue weighted by Crippen LogP contribution is 2.19. The lowest BCUT2D eigenvalue weighted by Gasteiger charge is -2.16. The topological polar surface area (TPSA) is 49.0 Å². The smallest absolute Gasteiger partial charge is 0.233 e. The minimum absolute atomic E-state index is 0.0280. The Balaban J connectivity index is 1.58. The Hall–Kier alpha value is -2.34. The van der Waals surface area contributed by atoms with Crippen LogP contribution in [0.4, 0.5) is 4.39 Å². The Morgan fingerprint density at radius 3 is 2.87 bits per heavy atom. The van der Waals surface area contributed by atoms with Gasteiger partial charge in [-0.15, -0.1) is 0 Å². The normalized spacial score (nSPS) is 10.9. The van der Waals surface area contributed by atoms with Gasteiger partial charge in [0.2, 0.25) is 5.91 Å². The fourth-order valence-electron chi connectivity index (χ4n) is 2.24. The number of hydrogen-bond donors (Lipinski definition) is 1. The highest BCUT2D eigenvalue weighted by atomic mass is 32.2. The molecule has 1 heterocycles. The number of H-pyrrole nitrogens is 1. The molecule has 0 unspecified atom stereocenters. The van der Waals surface area contributed by atoms with Crippen molar-refractivity contribution in [1.82, 2.24) is 14.9 Å². The predicted octanol–water partition coefficient (Wildman–Crippen LogP) is 3.45. The zero-order valence-corrected chi connectivity index (χ0v) is 13.4. The van der Waals surface area contributed by atoms with Crippen LogP contribution >= 0.6 is 11.8 Å². The van der Waals surface area contributed by atoms with E-state index in [0.717, 1.165) is 21.8 Å². The van der Waals surface area contributed by atoms with Crippen molar-refractivity contribution in [2.24, 2.45) is 0 Å². The Morgan fingerprint density at radius 1 is 1.26 bits per heavy atom. The van der Waals surface area contributed by atoms with Gasteiger partial charge >= 0.3 is 0 Å². The van der Waals surface area contributed by atoms with E-state index in [1.807, 2.05) is 24.3 Å². The molecular formula is C17H16FN3OS. The zero-order chi connectivity index (χ0) is 16.2. The van der Waals surface area contributed by atoms with Gasteiger partial charge in [-0.2, -0.15) is 0 Å². The Bertz CT molecular complexity index is 800. The lowest BCUT2D eigenvalue weighted by Crippen LogP contribution is -2.27. The van der Waals surface area contributed by atoms with Crippen molar-refractivity contribution in [2.45, 2.75) is 11.7 Å². The van der Waals surface area contributed by atoms with Crippen LogP contribution in [0.25, 0.3) is 11.0 Å². The second-order valence-electron chi connectivity index (χ2n) is 5.23. The monoisotopic (exact) mass is 329 g/mol. The highest BCUT2D eigenvalue weighted by molar-refractivity contribution is 7.99. The number of halogens is 1. The molecule has 0 spiro atoms. The van der Waals surface area contributed by atoms with E-state index in [4.69, 9.17) is 0 Å². The summed E-state index contributed by atoms with van der Waals surface area (Å²) < 4.78 is 13.2. The van der Waals surface area contributed by atoms with E-state index in [1.165, 1.54) is 23.9 Å². The summed E-state index contributed by atoms with van der Waals surface area (Å²) in [6.07, 6.45) is 0. The van der Waals surface area contributed by atoms with Gasteiger partial charge in [0.1, 0.15) is 5.82 Å². The van der Waals surface area contributed by atoms with Crippen LogP contribution in [0, 0.1) is 5.82 Å². The maximum Gasteiger partial charge on any atom is 0.233 e. The molecule has 3 aromatic rings. The van der Waals surface area contributed by atoms with Gasteiger partial charge in [0.15, 0.2) is 5.16 Å². The third-order valence-electron chi connectivity index (χ3n) is 3.43. The van der Waals surface area contributed by atoms with Crippen molar-refractivity contribution in [3.8, 4) is 0 Å². The number of benzene rings is 2. The van der Waals surface area contributed by atoms with Crippen LogP contribution in [-0.2, 0) is 11.3 Å². The fourth-order valence-corrected chi connectivity index (χ4v) is 3.06. The molecule has 23 heavy (non-hydrogen) atoms. The molecule has 6 heteroatoms. The molecule has 118 valence electrons. The van der Waals surface area contributed by atoms with Gasteiger partial charge in [0.25, 0.3) is 0 Å². The Labute approximate surface area is 137 Å². The molecule has 0 radical (unpaired) electrons. The largest absolute Gasteiger partial charge is 0.341 e. The second-order valence-corrected chi connectivity index (χ2v) is 6.19. The maximum absolute atomic E-state index is 13.2. The molecule has 0 saturated carbocycles. The molecule has 0 saturated heterocycles. The number of nitrogens with zero attached hydrogens (tertiary/aromatic N) is 2. The third kappa shape index (κ3) is 3.90. The molecule has 2 aromatic carbocycles. The number of nitrogens with one attached hydrogen (secondary N) is 1. The molecular weight excluding hydrogens is 313 g/mol. The van der Waals surface area contributed by atoms with Gasteiger partial charge in [-0.05, 0) is 29.8 Å². The number of thioether (sulfide) groups is 1. The molecule has 0 aliphatic carbocycles. The van der Waals surface area contributed by atoms with Crippen molar-refractivity contribution < 1.29 is 9.18 Å². The number of carbonyl (C=O) groups excluding carboxylic acids is 1. The van der Waals surface area contributed by atoms with Crippen LogP contribution in [0.5, 0.6) is 0 Å². The van der Waals surface area contributed by atoms with E-state index in [0.29, 0.717) is 6.54 Å². The number of fused-ring (bicyclic) bond motifs is 1. The molecule has 0 atom stereocenters. The quantitative estimate of drug-likeness (QED) is 0.729. The predicted molar refractivity (Wildman–Crippen MR) is 89.7 cm³/mol. The lowest BCUT2D eigenvalue weighted by molar-refractivity contribution is -0.127. The number of aromatic nitrogens is 2. The first-order valence-electron chi connectivity index (χ1n) is 7.18. The first kappa shape index (κ1) is 15.6. The van der Waals surface area contributed by atoms with Crippen LogP contribution in [0.1, 0.15) is 5.56 Å². The number of para-hydroxylation sites is 2. The van der Waals surface area contributed by atoms with Crippen LogP contribution < -0.4 is 0 Å². The van der Waals surface area contributed by atoms with Crippen molar-refractivity contribution in [3.63, 3.8) is 0 Å². The number of amides is 1. The van der Waals surface area contributed by atoms with E-state index in [-0.39, 0.29) is 17.5 Å². The number of hydrogen-bond acceptors (Lipinski definition) is 3. The number of imidazole rings is 1. The molecule has 1 aromatic heterocycles. The van der Waals surface area contributed by atoms with Crippen molar-refractivity contribution in [2.75, 3.05) is 12.8 Å². The van der Waals surface area contributed by atoms with Gasteiger partial charge in [-0.25, -0.2) is 9.37 Å². The summed E-state index contributed by atoms with van der Waals surface area (Å²) in [6, 6.07) is 14.0. The summed E-state index contributed by atoms with van der Waals surface area (Å²) in [5, 5.41) is 0.721. The molecule has 1 amide bonds. The average molecular weight is 329 g/mol. The van der Waals surface area contributed by atoms with Crippen LogP contribution in [-0.4, -0.2) is 33.6 Å². The highest BCUT2D eigenvalue weighted by Gasteiger charge is 2.12. The molecule has 0 aliphatic heterocycles. The van der Waals surface area contributed by atoms with Crippen molar-refractivity contribution >= 4 is 28.7 Å². The summed E-state index contributed by atoms with van der Waals surface area (Å²) in [4.78, 5) is 21.4. The van der Waals surface area contributed by atoms with E-state index in [9.17, 15) is 9.18 Å². The Morgan fingerprint density at radius 2 is 2.09 bits per heavy atom. The van der Waals surface area contributed by atoms with Gasteiger partial charge < -0.3 is 9.88 Å². The molecule has 3 rings (SSSR count). The van der Waals surface area contributed by atoms with E-state index in [1.54, 1.807) is 24.1 Å². The number of carbonyl (C=O) groups is 1. The van der Waals surface area contributed by atoms with Gasteiger partial charge in [-0.3, -0.25) is 4.79 Å². The third-order valence-corrected chi connectivity index (χ3v) is 4.29. The Kier molecular flexibility index (Phi) is 4.62. The minimum Gasteiger partial charge on any atom is -0.341 e. The minimum atomic E-state index is -0.292. The van der Waals surface area contributed by atoms with Gasteiger partial charge in [-0.1, -0.05) is 36.0 Å². The van der Waals surface area contributed by atoms with E-state index in [2.05, 4.69) is 9.97 Å². The van der Waals surface area contributed by atoms with Crippen molar-refractivity contribution in [1.29, 1.82) is 0 Å². The standard InChI is InChI=1S/C17H16FN3OS/c1-21(10-12-5-4-6-13(18)9-12)16(22)11-23-17-19-14-7-2-3-8-15(14)20-17/h2-9H,10-11H2,1H3,(H,19,20). The fraction of sp³-hybridized carbons (Fsp3) is 0.176. The van der Waals surface area contributed by atoms with Crippen LogP contribution in [0.3, 0.4) is 0 Å².